The van der Waals surface area contributed by atoms with Gasteiger partial charge in [0, 0.05) is 6.54 Å². The molecule has 0 bridgehead atoms. The third-order valence-corrected chi connectivity index (χ3v) is 4.71. The lowest BCUT2D eigenvalue weighted by Crippen LogP contribution is -2.30. The lowest BCUT2D eigenvalue weighted by atomic mass is 10.0. The molecule has 6 heteroatoms. The van der Waals surface area contributed by atoms with Crippen molar-refractivity contribution in [1.29, 1.82) is 0 Å². The zero-order valence-electron chi connectivity index (χ0n) is 12.5. The van der Waals surface area contributed by atoms with Crippen molar-refractivity contribution in [1.82, 2.24) is 4.90 Å². The number of methoxy groups -OCH3 is 1. The molecular formula is C13H27NO4S. The number of hydrogen-bond donors (Lipinski definition) is 0. The molecule has 0 fully saturated rings. The van der Waals surface area contributed by atoms with Gasteiger partial charge in [0.1, 0.15) is 0 Å². The van der Waals surface area contributed by atoms with Gasteiger partial charge >= 0.3 is 5.97 Å². The summed E-state index contributed by atoms with van der Waals surface area (Å²) in [5, 5.41) is 0. The molecule has 0 aromatic carbocycles. The molecule has 0 aliphatic carbocycles. The monoisotopic (exact) mass is 293 g/mol. The molecule has 0 radical (unpaired) electrons. The van der Waals surface area contributed by atoms with Crippen molar-refractivity contribution in [3.63, 3.8) is 0 Å². The SMILES string of the molecule is CCCCC[C@H](CS(=O)(=O)CCN(C)C)C(=O)OC. The summed E-state index contributed by atoms with van der Waals surface area (Å²) in [6.07, 6.45) is 3.49. The lowest BCUT2D eigenvalue weighted by molar-refractivity contribution is -0.144. The van der Waals surface area contributed by atoms with Crippen LogP contribution in [0.15, 0.2) is 0 Å². The maximum atomic E-state index is 12.0. The van der Waals surface area contributed by atoms with Gasteiger partial charge in [-0.15, -0.1) is 0 Å². The summed E-state index contributed by atoms with van der Waals surface area (Å²) in [6, 6.07) is 0. The number of sulfone groups is 1. The van der Waals surface area contributed by atoms with E-state index in [0.717, 1.165) is 19.3 Å². The van der Waals surface area contributed by atoms with E-state index >= 15 is 0 Å². The van der Waals surface area contributed by atoms with Gasteiger partial charge in [0.25, 0.3) is 0 Å². The molecular weight excluding hydrogens is 266 g/mol. The average Bonchev–Trinajstić information content (AvgIpc) is 2.34. The fourth-order valence-corrected chi connectivity index (χ4v) is 3.51. The van der Waals surface area contributed by atoms with Crippen LogP contribution in [-0.4, -0.2) is 58.5 Å². The molecule has 0 heterocycles. The van der Waals surface area contributed by atoms with Crippen LogP contribution in [0.1, 0.15) is 32.6 Å². The van der Waals surface area contributed by atoms with Crippen LogP contribution in [0.3, 0.4) is 0 Å². The summed E-state index contributed by atoms with van der Waals surface area (Å²) >= 11 is 0. The number of rotatable bonds is 10. The Morgan fingerprint density at radius 1 is 1.26 bits per heavy atom. The number of carbonyl (C=O) groups excluding carboxylic acids is 1. The highest BCUT2D eigenvalue weighted by Crippen LogP contribution is 2.14. The molecule has 0 aliphatic heterocycles. The molecule has 1 atom stereocenters. The normalized spacial score (nSPS) is 13.5. The third kappa shape index (κ3) is 8.99. The Morgan fingerprint density at radius 2 is 1.89 bits per heavy atom. The van der Waals surface area contributed by atoms with E-state index in [1.165, 1.54) is 7.11 Å². The van der Waals surface area contributed by atoms with E-state index in [0.29, 0.717) is 13.0 Å². The fraction of sp³-hybridized carbons (Fsp3) is 0.923. The van der Waals surface area contributed by atoms with Crippen LogP contribution >= 0.6 is 0 Å². The van der Waals surface area contributed by atoms with Crippen molar-refractivity contribution in [2.24, 2.45) is 5.92 Å². The highest BCUT2D eigenvalue weighted by Gasteiger charge is 2.25. The second kappa shape index (κ2) is 9.31. The van der Waals surface area contributed by atoms with Gasteiger partial charge in [-0.1, -0.05) is 26.2 Å². The smallest absolute Gasteiger partial charge is 0.309 e. The molecule has 0 aliphatic rings. The minimum Gasteiger partial charge on any atom is -0.469 e. The van der Waals surface area contributed by atoms with E-state index in [-0.39, 0.29) is 11.5 Å². The van der Waals surface area contributed by atoms with Crippen LogP contribution in [0.4, 0.5) is 0 Å². The maximum Gasteiger partial charge on any atom is 0.309 e. The van der Waals surface area contributed by atoms with Crippen molar-refractivity contribution in [3.05, 3.63) is 0 Å². The third-order valence-electron chi connectivity index (χ3n) is 3.00. The first-order valence-electron chi connectivity index (χ1n) is 6.75. The summed E-state index contributed by atoms with van der Waals surface area (Å²) in [5.41, 5.74) is 0. The van der Waals surface area contributed by atoms with Gasteiger partial charge < -0.3 is 9.64 Å². The minimum atomic E-state index is -3.21. The van der Waals surface area contributed by atoms with Crippen molar-refractivity contribution in [3.8, 4) is 0 Å². The first-order chi connectivity index (χ1) is 8.82. The number of esters is 1. The summed E-state index contributed by atoms with van der Waals surface area (Å²) in [5.74, 6) is -0.952. The zero-order valence-corrected chi connectivity index (χ0v) is 13.3. The van der Waals surface area contributed by atoms with E-state index in [1.807, 2.05) is 19.0 Å². The molecule has 0 aromatic heterocycles. The Kier molecular flexibility index (Phi) is 9.01. The second-order valence-corrected chi connectivity index (χ2v) is 7.36. The van der Waals surface area contributed by atoms with Crippen LogP contribution in [0.5, 0.6) is 0 Å². The number of carbonyl (C=O) groups is 1. The van der Waals surface area contributed by atoms with Crippen LogP contribution in [0, 0.1) is 5.92 Å². The highest BCUT2D eigenvalue weighted by molar-refractivity contribution is 7.91. The molecule has 0 saturated carbocycles. The first-order valence-corrected chi connectivity index (χ1v) is 8.57. The Bertz CT molecular complexity index is 352. The van der Waals surface area contributed by atoms with Crippen molar-refractivity contribution >= 4 is 15.8 Å². The van der Waals surface area contributed by atoms with Crippen molar-refractivity contribution in [2.45, 2.75) is 32.6 Å². The van der Waals surface area contributed by atoms with Crippen LogP contribution in [-0.2, 0) is 19.4 Å². The lowest BCUT2D eigenvalue weighted by Gasteiger charge is -2.16. The van der Waals surface area contributed by atoms with Crippen molar-refractivity contribution in [2.75, 3.05) is 39.3 Å². The average molecular weight is 293 g/mol. The molecule has 0 amide bonds. The standard InChI is InChI=1S/C13H27NO4S/c1-5-6-7-8-12(13(15)18-4)11-19(16,17)10-9-14(2)3/h12H,5-11H2,1-4H3/t12-/m1/s1. The molecule has 0 N–H and O–H groups in total. The van der Waals surface area contributed by atoms with Crippen LogP contribution in [0.2, 0.25) is 0 Å². The zero-order chi connectivity index (χ0) is 14.9. The number of ether oxygens (including phenoxy) is 1. The Morgan fingerprint density at radius 3 is 2.37 bits per heavy atom. The Balaban J connectivity index is 4.48. The molecule has 19 heavy (non-hydrogen) atoms. The minimum absolute atomic E-state index is 0.0846. The summed E-state index contributed by atoms with van der Waals surface area (Å²) in [4.78, 5) is 13.4. The fourth-order valence-electron chi connectivity index (χ4n) is 1.79. The second-order valence-electron chi connectivity index (χ2n) is 5.13. The summed E-state index contributed by atoms with van der Waals surface area (Å²) in [7, 11) is 1.75. The quantitative estimate of drug-likeness (QED) is 0.449. The van der Waals surface area contributed by atoms with E-state index < -0.39 is 21.7 Å². The molecule has 5 nitrogen and oxygen atoms in total. The number of unbranched alkanes of at least 4 members (excludes halogenated alkanes) is 2. The molecule has 0 spiro atoms. The van der Waals surface area contributed by atoms with E-state index in [2.05, 4.69) is 6.92 Å². The van der Waals surface area contributed by atoms with Gasteiger partial charge in [-0.2, -0.15) is 0 Å². The van der Waals surface area contributed by atoms with Gasteiger partial charge in [-0.25, -0.2) is 8.42 Å². The molecule has 114 valence electrons. The first kappa shape index (κ1) is 18.4. The van der Waals surface area contributed by atoms with Crippen molar-refractivity contribution < 1.29 is 17.9 Å². The largest absolute Gasteiger partial charge is 0.469 e. The van der Waals surface area contributed by atoms with Crippen LogP contribution in [0.25, 0.3) is 0 Å². The van der Waals surface area contributed by atoms with Gasteiger partial charge in [0.05, 0.1) is 24.5 Å². The number of hydrogen-bond acceptors (Lipinski definition) is 5. The van der Waals surface area contributed by atoms with Gasteiger partial charge in [-0.05, 0) is 20.5 Å². The van der Waals surface area contributed by atoms with E-state index in [4.69, 9.17) is 4.74 Å². The maximum absolute atomic E-state index is 12.0. The number of nitrogens with zero attached hydrogens (tertiary/aromatic N) is 1. The Hall–Kier alpha value is -0.620. The summed E-state index contributed by atoms with van der Waals surface area (Å²) < 4.78 is 28.6. The summed E-state index contributed by atoms with van der Waals surface area (Å²) in [6.45, 7) is 2.55. The molecule has 0 unspecified atom stereocenters. The molecule has 0 rings (SSSR count). The van der Waals surface area contributed by atoms with E-state index in [9.17, 15) is 13.2 Å². The van der Waals surface area contributed by atoms with Gasteiger partial charge in [0.15, 0.2) is 9.84 Å². The van der Waals surface area contributed by atoms with Gasteiger partial charge in [0.2, 0.25) is 0 Å². The van der Waals surface area contributed by atoms with Gasteiger partial charge in [-0.3, -0.25) is 4.79 Å². The van der Waals surface area contributed by atoms with Crippen LogP contribution < -0.4 is 0 Å². The highest BCUT2D eigenvalue weighted by atomic mass is 32.2. The molecule has 0 saturated heterocycles. The predicted octanol–water partition coefficient (Wildman–Crippen LogP) is 1.33. The predicted molar refractivity (Wildman–Crippen MR) is 76.9 cm³/mol. The molecule has 0 aromatic rings. The van der Waals surface area contributed by atoms with E-state index in [1.54, 1.807) is 0 Å². The topological polar surface area (TPSA) is 63.7 Å². The Labute approximate surface area is 117 Å².